The second kappa shape index (κ2) is 6.05. The van der Waals surface area contributed by atoms with Crippen LogP contribution in [0.5, 0.6) is 0 Å². The standard InChI is InChI=1S/C15H19N5O/c1-10(2)8-16-9-15-19-14(20-21-15)7-13-17-11-5-3-4-6-12(11)18-13/h3-6,10,16H,7-9H2,1-2H3,(H,17,18). The molecule has 0 radical (unpaired) electrons. The number of hydrogen-bond donors (Lipinski definition) is 2. The van der Waals surface area contributed by atoms with Gasteiger partial charge in [0.2, 0.25) is 5.89 Å². The molecule has 0 spiro atoms. The number of imidazole rings is 1. The Labute approximate surface area is 123 Å². The number of nitrogens with zero attached hydrogens (tertiary/aromatic N) is 3. The molecule has 0 bridgehead atoms. The zero-order chi connectivity index (χ0) is 14.7. The number of rotatable bonds is 6. The van der Waals surface area contributed by atoms with E-state index in [1.165, 1.54) is 0 Å². The molecule has 21 heavy (non-hydrogen) atoms. The van der Waals surface area contributed by atoms with Crippen molar-refractivity contribution in [1.29, 1.82) is 0 Å². The molecule has 2 aromatic heterocycles. The van der Waals surface area contributed by atoms with E-state index in [9.17, 15) is 0 Å². The summed E-state index contributed by atoms with van der Waals surface area (Å²) < 4.78 is 5.23. The van der Waals surface area contributed by atoms with Crippen LogP contribution in [0, 0.1) is 5.92 Å². The molecule has 1 aromatic carbocycles. The van der Waals surface area contributed by atoms with Crippen LogP contribution in [0.3, 0.4) is 0 Å². The Balaban J connectivity index is 1.63. The van der Waals surface area contributed by atoms with Gasteiger partial charge in [0.05, 0.1) is 24.0 Å². The molecule has 0 fully saturated rings. The van der Waals surface area contributed by atoms with E-state index in [1.807, 2.05) is 24.3 Å². The first kappa shape index (κ1) is 13.8. The molecule has 0 aliphatic carbocycles. The van der Waals surface area contributed by atoms with Crippen molar-refractivity contribution in [2.45, 2.75) is 26.8 Å². The van der Waals surface area contributed by atoms with Crippen molar-refractivity contribution < 1.29 is 4.52 Å². The minimum absolute atomic E-state index is 0.544. The molecule has 2 N–H and O–H groups in total. The van der Waals surface area contributed by atoms with E-state index in [-0.39, 0.29) is 0 Å². The first-order valence-electron chi connectivity index (χ1n) is 7.16. The number of fused-ring (bicyclic) bond motifs is 1. The van der Waals surface area contributed by atoms with Crippen molar-refractivity contribution in [2.24, 2.45) is 5.92 Å². The van der Waals surface area contributed by atoms with Gasteiger partial charge in [0.15, 0.2) is 5.82 Å². The third-order valence-electron chi connectivity index (χ3n) is 3.10. The van der Waals surface area contributed by atoms with Gasteiger partial charge in [0.25, 0.3) is 0 Å². The fourth-order valence-electron chi connectivity index (χ4n) is 2.14. The third-order valence-corrected chi connectivity index (χ3v) is 3.10. The van der Waals surface area contributed by atoms with Crippen LogP contribution in [0.4, 0.5) is 0 Å². The van der Waals surface area contributed by atoms with Gasteiger partial charge in [0.1, 0.15) is 5.82 Å². The molecule has 0 saturated carbocycles. The smallest absolute Gasteiger partial charge is 0.240 e. The zero-order valence-electron chi connectivity index (χ0n) is 12.3. The average molecular weight is 285 g/mol. The van der Waals surface area contributed by atoms with Gasteiger partial charge < -0.3 is 14.8 Å². The molecule has 3 aromatic rings. The molecule has 6 heteroatoms. The maximum absolute atomic E-state index is 5.23. The summed E-state index contributed by atoms with van der Waals surface area (Å²) in [4.78, 5) is 12.1. The highest BCUT2D eigenvalue weighted by atomic mass is 16.5. The summed E-state index contributed by atoms with van der Waals surface area (Å²) in [7, 11) is 0. The van der Waals surface area contributed by atoms with Gasteiger partial charge in [-0.25, -0.2) is 4.98 Å². The van der Waals surface area contributed by atoms with Crippen LogP contribution < -0.4 is 5.32 Å². The predicted molar refractivity (Wildman–Crippen MR) is 79.7 cm³/mol. The first-order chi connectivity index (χ1) is 10.2. The fourth-order valence-corrected chi connectivity index (χ4v) is 2.14. The Bertz CT molecular complexity index is 683. The van der Waals surface area contributed by atoms with E-state index in [1.54, 1.807) is 0 Å². The molecule has 0 unspecified atom stereocenters. The van der Waals surface area contributed by atoms with Crippen LogP contribution in [0.1, 0.15) is 31.4 Å². The Hall–Kier alpha value is -2.21. The van der Waals surface area contributed by atoms with E-state index < -0.39 is 0 Å². The van der Waals surface area contributed by atoms with Crippen molar-refractivity contribution in [3.8, 4) is 0 Å². The van der Waals surface area contributed by atoms with Gasteiger partial charge in [-0.1, -0.05) is 31.1 Å². The molecule has 2 heterocycles. The van der Waals surface area contributed by atoms with Gasteiger partial charge >= 0.3 is 0 Å². The van der Waals surface area contributed by atoms with Crippen LogP contribution in [-0.2, 0) is 13.0 Å². The van der Waals surface area contributed by atoms with Crippen molar-refractivity contribution in [2.75, 3.05) is 6.54 Å². The molecule has 0 atom stereocenters. The van der Waals surface area contributed by atoms with Gasteiger partial charge in [-0.3, -0.25) is 0 Å². The van der Waals surface area contributed by atoms with Gasteiger partial charge in [-0.15, -0.1) is 0 Å². The van der Waals surface area contributed by atoms with Crippen molar-refractivity contribution in [1.82, 2.24) is 25.4 Å². The molecular formula is C15H19N5O. The summed E-state index contributed by atoms with van der Waals surface area (Å²) in [5.74, 6) is 2.71. The number of aromatic nitrogens is 4. The van der Waals surface area contributed by atoms with Crippen molar-refractivity contribution in [3.63, 3.8) is 0 Å². The summed E-state index contributed by atoms with van der Waals surface area (Å²) in [5, 5.41) is 7.27. The Morgan fingerprint density at radius 1 is 1.24 bits per heavy atom. The number of aromatic amines is 1. The monoisotopic (exact) mass is 285 g/mol. The Kier molecular flexibility index (Phi) is 3.96. The number of hydrogen-bond acceptors (Lipinski definition) is 5. The molecule has 6 nitrogen and oxygen atoms in total. The fraction of sp³-hybridized carbons (Fsp3) is 0.400. The Morgan fingerprint density at radius 3 is 2.90 bits per heavy atom. The largest absolute Gasteiger partial charge is 0.342 e. The number of nitrogens with one attached hydrogen (secondary N) is 2. The highest BCUT2D eigenvalue weighted by molar-refractivity contribution is 5.74. The highest BCUT2D eigenvalue weighted by Crippen LogP contribution is 2.12. The van der Waals surface area contributed by atoms with Gasteiger partial charge in [0, 0.05) is 0 Å². The summed E-state index contributed by atoms with van der Waals surface area (Å²) in [6.45, 7) is 5.86. The topological polar surface area (TPSA) is 79.6 Å². The minimum atomic E-state index is 0.544. The van der Waals surface area contributed by atoms with Crippen LogP contribution in [0.25, 0.3) is 11.0 Å². The maximum atomic E-state index is 5.23. The van der Waals surface area contributed by atoms with Crippen LogP contribution in [0.2, 0.25) is 0 Å². The molecule has 0 aliphatic rings. The van der Waals surface area contributed by atoms with Gasteiger partial charge in [-0.05, 0) is 24.6 Å². The van der Waals surface area contributed by atoms with Crippen LogP contribution in [-0.4, -0.2) is 26.7 Å². The highest BCUT2D eigenvalue weighted by Gasteiger charge is 2.10. The second-order valence-corrected chi connectivity index (χ2v) is 5.51. The zero-order valence-corrected chi connectivity index (χ0v) is 12.3. The van der Waals surface area contributed by atoms with Gasteiger partial charge in [-0.2, -0.15) is 4.98 Å². The van der Waals surface area contributed by atoms with E-state index in [4.69, 9.17) is 4.52 Å². The van der Waals surface area contributed by atoms with E-state index in [0.717, 1.165) is 23.4 Å². The predicted octanol–water partition coefficient (Wildman–Crippen LogP) is 2.28. The third kappa shape index (κ3) is 3.46. The first-order valence-corrected chi connectivity index (χ1v) is 7.16. The van der Waals surface area contributed by atoms with Crippen LogP contribution >= 0.6 is 0 Å². The molecule has 0 aliphatic heterocycles. The number of H-pyrrole nitrogens is 1. The normalized spacial score (nSPS) is 11.6. The minimum Gasteiger partial charge on any atom is -0.342 e. The molecule has 110 valence electrons. The van der Waals surface area contributed by atoms with Crippen LogP contribution in [0.15, 0.2) is 28.8 Å². The van der Waals surface area contributed by atoms with Crippen molar-refractivity contribution in [3.05, 3.63) is 41.8 Å². The lowest BCUT2D eigenvalue weighted by molar-refractivity contribution is 0.359. The van der Waals surface area contributed by atoms with E-state index in [2.05, 4.69) is 39.3 Å². The summed E-state index contributed by atoms with van der Waals surface area (Å²) in [5.41, 5.74) is 1.98. The lowest BCUT2D eigenvalue weighted by atomic mass is 10.2. The van der Waals surface area contributed by atoms with Crippen molar-refractivity contribution >= 4 is 11.0 Å². The summed E-state index contributed by atoms with van der Waals surface area (Å²) in [6.07, 6.45) is 0.544. The molecule has 3 rings (SSSR count). The van der Waals surface area contributed by atoms with E-state index >= 15 is 0 Å². The lowest BCUT2D eigenvalue weighted by Crippen LogP contribution is -2.19. The van der Waals surface area contributed by atoms with E-state index in [0.29, 0.717) is 30.6 Å². The SMILES string of the molecule is CC(C)CNCc1nc(Cc2nc3ccccc3[nH]2)no1. The second-order valence-electron chi connectivity index (χ2n) is 5.51. The summed E-state index contributed by atoms with van der Waals surface area (Å²) >= 11 is 0. The average Bonchev–Trinajstić information content (AvgIpc) is 3.04. The number of para-hydroxylation sites is 2. The molecule has 0 saturated heterocycles. The lowest BCUT2D eigenvalue weighted by Gasteiger charge is -2.03. The maximum Gasteiger partial charge on any atom is 0.240 e. The summed E-state index contributed by atoms with van der Waals surface area (Å²) in [6, 6.07) is 7.94. The molecular weight excluding hydrogens is 266 g/mol. The number of benzene rings is 1. The Morgan fingerprint density at radius 2 is 2.10 bits per heavy atom. The molecule has 0 amide bonds. The quantitative estimate of drug-likeness (QED) is 0.726.